The number of rotatable bonds is 1. The Balaban J connectivity index is 2.59. The molecule has 0 aromatic carbocycles. The van der Waals surface area contributed by atoms with Gasteiger partial charge in [0.2, 0.25) is 0 Å². The standard InChI is InChI=1S/C8H8FN3S/c1-12-8(10)6(9)7(11-12)5-3-2-4-13-5/h2-4H,10H2,1H3. The van der Waals surface area contributed by atoms with Gasteiger partial charge in [-0.05, 0) is 11.4 Å². The van der Waals surface area contributed by atoms with Crippen molar-refractivity contribution in [3.8, 4) is 10.6 Å². The molecule has 68 valence electrons. The Kier molecular flexibility index (Phi) is 1.81. The van der Waals surface area contributed by atoms with Crippen LogP contribution in [-0.2, 0) is 7.05 Å². The van der Waals surface area contributed by atoms with E-state index in [9.17, 15) is 4.39 Å². The monoisotopic (exact) mass is 197 g/mol. The number of halogens is 1. The third-order valence-corrected chi connectivity index (χ3v) is 2.66. The fourth-order valence-electron chi connectivity index (χ4n) is 1.08. The number of anilines is 1. The maximum Gasteiger partial charge on any atom is 0.193 e. The topological polar surface area (TPSA) is 43.8 Å². The lowest BCUT2D eigenvalue weighted by molar-refractivity contribution is 0.634. The van der Waals surface area contributed by atoms with Crippen molar-refractivity contribution in [2.24, 2.45) is 7.05 Å². The van der Waals surface area contributed by atoms with Gasteiger partial charge in [0.05, 0.1) is 4.88 Å². The minimum absolute atomic E-state index is 0.0726. The van der Waals surface area contributed by atoms with Crippen LogP contribution in [-0.4, -0.2) is 9.78 Å². The molecule has 0 saturated carbocycles. The molecule has 0 aliphatic carbocycles. The van der Waals surface area contributed by atoms with Gasteiger partial charge in [-0.2, -0.15) is 5.10 Å². The van der Waals surface area contributed by atoms with Crippen LogP contribution in [0.25, 0.3) is 10.6 Å². The third-order valence-electron chi connectivity index (χ3n) is 1.79. The summed E-state index contributed by atoms with van der Waals surface area (Å²) in [6.45, 7) is 0. The van der Waals surface area contributed by atoms with E-state index in [1.54, 1.807) is 7.05 Å². The minimum Gasteiger partial charge on any atom is -0.381 e. The Bertz CT molecular complexity index is 419. The molecule has 0 fully saturated rings. The van der Waals surface area contributed by atoms with E-state index in [1.165, 1.54) is 16.0 Å². The first kappa shape index (κ1) is 8.25. The maximum atomic E-state index is 13.4. The quantitative estimate of drug-likeness (QED) is 0.758. The van der Waals surface area contributed by atoms with E-state index in [0.29, 0.717) is 5.69 Å². The highest BCUT2D eigenvalue weighted by Gasteiger charge is 2.15. The number of thiophene rings is 1. The normalized spacial score (nSPS) is 10.6. The molecule has 5 heteroatoms. The summed E-state index contributed by atoms with van der Waals surface area (Å²) in [6, 6.07) is 3.67. The van der Waals surface area contributed by atoms with Crippen molar-refractivity contribution < 1.29 is 4.39 Å². The van der Waals surface area contributed by atoms with Gasteiger partial charge in [0, 0.05) is 7.05 Å². The van der Waals surface area contributed by atoms with Gasteiger partial charge in [-0.25, -0.2) is 9.07 Å². The fraction of sp³-hybridized carbons (Fsp3) is 0.125. The lowest BCUT2D eigenvalue weighted by Crippen LogP contribution is -1.97. The van der Waals surface area contributed by atoms with Crippen LogP contribution < -0.4 is 5.73 Å². The Labute approximate surface area is 78.6 Å². The Morgan fingerprint density at radius 2 is 2.38 bits per heavy atom. The average Bonchev–Trinajstić information content (AvgIpc) is 2.70. The molecular weight excluding hydrogens is 189 g/mol. The number of nitrogens with zero attached hydrogens (tertiary/aromatic N) is 2. The van der Waals surface area contributed by atoms with Crippen LogP contribution in [0, 0.1) is 5.82 Å². The number of nitrogen functional groups attached to an aromatic ring is 1. The predicted molar refractivity (Wildman–Crippen MR) is 50.9 cm³/mol. The van der Waals surface area contributed by atoms with Crippen LogP contribution in [0.3, 0.4) is 0 Å². The molecule has 2 aromatic heterocycles. The molecule has 2 heterocycles. The molecular formula is C8H8FN3S. The van der Waals surface area contributed by atoms with E-state index in [0.717, 1.165) is 4.88 Å². The first-order chi connectivity index (χ1) is 6.20. The van der Waals surface area contributed by atoms with Gasteiger partial charge in [-0.3, -0.25) is 0 Å². The zero-order valence-corrected chi connectivity index (χ0v) is 7.81. The van der Waals surface area contributed by atoms with Crippen LogP contribution in [0.2, 0.25) is 0 Å². The highest BCUT2D eigenvalue weighted by molar-refractivity contribution is 7.13. The number of aryl methyl sites for hydroxylation is 1. The summed E-state index contributed by atoms with van der Waals surface area (Å²) >= 11 is 1.44. The first-order valence-electron chi connectivity index (χ1n) is 3.72. The Morgan fingerprint density at radius 1 is 1.62 bits per heavy atom. The van der Waals surface area contributed by atoms with Crippen LogP contribution in [0.4, 0.5) is 10.2 Å². The second-order valence-electron chi connectivity index (χ2n) is 2.65. The largest absolute Gasteiger partial charge is 0.381 e. The van der Waals surface area contributed by atoms with Crippen LogP contribution in [0.15, 0.2) is 17.5 Å². The molecule has 0 bridgehead atoms. The number of hydrogen-bond donors (Lipinski definition) is 1. The molecule has 0 saturated heterocycles. The van der Waals surface area contributed by atoms with Crippen molar-refractivity contribution in [2.45, 2.75) is 0 Å². The summed E-state index contributed by atoms with van der Waals surface area (Å²) in [6.07, 6.45) is 0. The summed E-state index contributed by atoms with van der Waals surface area (Å²) < 4.78 is 14.7. The summed E-state index contributed by atoms with van der Waals surface area (Å²) in [5, 5.41) is 5.85. The molecule has 2 aromatic rings. The van der Waals surface area contributed by atoms with E-state index in [4.69, 9.17) is 5.73 Å². The summed E-state index contributed by atoms with van der Waals surface area (Å²) in [7, 11) is 1.62. The molecule has 0 aliphatic rings. The second-order valence-corrected chi connectivity index (χ2v) is 3.60. The predicted octanol–water partition coefficient (Wildman–Crippen LogP) is 1.87. The van der Waals surface area contributed by atoms with Crippen LogP contribution >= 0.6 is 11.3 Å². The van der Waals surface area contributed by atoms with E-state index in [-0.39, 0.29) is 5.82 Å². The number of aromatic nitrogens is 2. The molecule has 0 spiro atoms. The van der Waals surface area contributed by atoms with E-state index in [1.807, 2.05) is 17.5 Å². The summed E-state index contributed by atoms with van der Waals surface area (Å²) in [5.41, 5.74) is 5.77. The molecule has 3 nitrogen and oxygen atoms in total. The minimum atomic E-state index is -0.440. The van der Waals surface area contributed by atoms with Gasteiger partial charge in [0.15, 0.2) is 11.6 Å². The highest BCUT2D eigenvalue weighted by atomic mass is 32.1. The van der Waals surface area contributed by atoms with Crippen molar-refractivity contribution in [3.63, 3.8) is 0 Å². The zero-order valence-electron chi connectivity index (χ0n) is 6.99. The SMILES string of the molecule is Cn1nc(-c2cccs2)c(F)c1N. The average molecular weight is 197 g/mol. The smallest absolute Gasteiger partial charge is 0.193 e. The van der Waals surface area contributed by atoms with Crippen molar-refractivity contribution in [2.75, 3.05) is 5.73 Å². The van der Waals surface area contributed by atoms with E-state index in [2.05, 4.69) is 5.10 Å². The van der Waals surface area contributed by atoms with Gasteiger partial charge in [0.25, 0.3) is 0 Å². The molecule has 2 rings (SSSR count). The van der Waals surface area contributed by atoms with Crippen molar-refractivity contribution in [1.82, 2.24) is 9.78 Å². The summed E-state index contributed by atoms with van der Waals surface area (Å²) in [5.74, 6) is -0.367. The Morgan fingerprint density at radius 3 is 2.85 bits per heavy atom. The van der Waals surface area contributed by atoms with Crippen LogP contribution in [0.5, 0.6) is 0 Å². The molecule has 13 heavy (non-hydrogen) atoms. The third kappa shape index (κ3) is 1.21. The van der Waals surface area contributed by atoms with Crippen molar-refractivity contribution >= 4 is 17.2 Å². The molecule has 0 radical (unpaired) electrons. The molecule has 0 aliphatic heterocycles. The number of nitrogens with two attached hydrogens (primary N) is 1. The lowest BCUT2D eigenvalue weighted by Gasteiger charge is -1.88. The van der Waals surface area contributed by atoms with Crippen molar-refractivity contribution in [1.29, 1.82) is 0 Å². The highest BCUT2D eigenvalue weighted by Crippen LogP contribution is 2.28. The van der Waals surface area contributed by atoms with Gasteiger partial charge in [-0.1, -0.05) is 6.07 Å². The first-order valence-corrected chi connectivity index (χ1v) is 4.60. The molecule has 2 N–H and O–H groups in total. The summed E-state index contributed by atoms with van der Waals surface area (Å²) in [4.78, 5) is 0.796. The van der Waals surface area contributed by atoms with Crippen LogP contribution in [0.1, 0.15) is 0 Å². The molecule has 0 atom stereocenters. The van der Waals surface area contributed by atoms with Gasteiger partial charge in [0.1, 0.15) is 5.69 Å². The molecule has 0 unspecified atom stereocenters. The molecule has 0 amide bonds. The number of hydrogen-bond acceptors (Lipinski definition) is 3. The zero-order chi connectivity index (χ0) is 9.42. The van der Waals surface area contributed by atoms with Gasteiger partial charge in [-0.15, -0.1) is 11.3 Å². The fourth-order valence-corrected chi connectivity index (χ4v) is 1.78. The second kappa shape index (κ2) is 2.85. The van der Waals surface area contributed by atoms with Crippen molar-refractivity contribution in [3.05, 3.63) is 23.3 Å². The maximum absolute atomic E-state index is 13.4. The van der Waals surface area contributed by atoms with Gasteiger partial charge < -0.3 is 5.73 Å². The lowest BCUT2D eigenvalue weighted by atomic mass is 10.3. The van der Waals surface area contributed by atoms with Gasteiger partial charge >= 0.3 is 0 Å². The Hall–Kier alpha value is -1.36. The van der Waals surface area contributed by atoms with E-state index >= 15 is 0 Å². The van der Waals surface area contributed by atoms with E-state index < -0.39 is 5.82 Å².